The molecule has 0 spiro atoms. The molecule has 1 unspecified atom stereocenters. The summed E-state index contributed by atoms with van der Waals surface area (Å²) in [6, 6.07) is 0. The number of nitrogens with two attached hydrogens (primary N) is 1. The Hall–Kier alpha value is -0.610. The highest BCUT2D eigenvalue weighted by Crippen LogP contribution is 2.18. The van der Waals surface area contributed by atoms with Crippen LogP contribution in [0, 0.1) is 17.8 Å². The molecular weight excluding hydrogens is 240 g/mol. The average molecular weight is 270 g/mol. The van der Waals surface area contributed by atoms with E-state index in [4.69, 9.17) is 10.5 Å². The predicted molar refractivity (Wildman–Crippen MR) is 77.8 cm³/mol. The van der Waals surface area contributed by atoms with Crippen molar-refractivity contribution in [1.29, 1.82) is 0 Å². The summed E-state index contributed by atoms with van der Waals surface area (Å²) in [4.78, 5) is 14.1. The van der Waals surface area contributed by atoms with E-state index < -0.39 is 0 Å². The molecule has 2 N–H and O–H groups in total. The highest BCUT2D eigenvalue weighted by molar-refractivity contribution is 5.76. The summed E-state index contributed by atoms with van der Waals surface area (Å²) in [5.74, 6) is 1.64. The van der Waals surface area contributed by atoms with Crippen molar-refractivity contribution < 1.29 is 9.53 Å². The molecule has 19 heavy (non-hydrogen) atoms. The van der Waals surface area contributed by atoms with Crippen LogP contribution in [0.25, 0.3) is 0 Å². The average Bonchev–Trinajstić information content (AvgIpc) is 2.38. The molecular formula is C15H30N2O2. The Kier molecular flexibility index (Phi) is 7.39. The summed E-state index contributed by atoms with van der Waals surface area (Å²) in [6.45, 7) is 7.44. The van der Waals surface area contributed by atoms with Gasteiger partial charge in [0.2, 0.25) is 5.91 Å². The fourth-order valence-electron chi connectivity index (χ4n) is 2.77. The molecule has 0 bridgehead atoms. The van der Waals surface area contributed by atoms with Crippen LogP contribution in [0.4, 0.5) is 0 Å². The van der Waals surface area contributed by atoms with Crippen molar-refractivity contribution in [3.8, 4) is 0 Å². The molecule has 0 aliphatic carbocycles. The summed E-state index contributed by atoms with van der Waals surface area (Å²) in [6.07, 6.45) is 3.90. The number of hydrogen-bond acceptors (Lipinski definition) is 3. The van der Waals surface area contributed by atoms with Crippen LogP contribution in [0.3, 0.4) is 0 Å². The Morgan fingerprint density at radius 2 is 2.21 bits per heavy atom. The third-order valence-corrected chi connectivity index (χ3v) is 3.81. The Labute approximate surface area is 117 Å². The lowest BCUT2D eigenvalue weighted by molar-refractivity contribution is -0.132. The van der Waals surface area contributed by atoms with Gasteiger partial charge in [-0.1, -0.05) is 13.8 Å². The van der Waals surface area contributed by atoms with Gasteiger partial charge in [-0.25, -0.2) is 0 Å². The van der Waals surface area contributed by atoms with Crippen LogP contribution in [0.15, 0.2) is 0 Å². The molecule has 1 rings (SSSR count). The van der Waals surface area contributed by atoms with E-state index in [-0.39, 0.29) is 5.91 Å². The van der Waals surface area contributed by atoms with Gasteiger partial charge in [0.15, 0.2) is 0 Å². The number of rotatable bonds is 7. The Morgan fingerprint density at radius 3 is 2.74 bits per heavy atom. The highest BCUT2D eigenvalue weighted by Gasteiger charge is 2.21. The van der Waals surface area contributed by atoms with Gasteiger partial charge in [-0.2, -0.15) is 0 Å². The van der Waals surface area contributed by atoms with Crippen molar-refractivity contribution >= 4 is 5.91 Å². The van der Waals surface area contributed by atoms with Crippen LogP contribution >= 0.6 is 0 Å². The second kappa shape index (κ2) is 8.54. The van der Waals surface area contributed by atoms with E-state index >= 15 is 0 Å². The van der Waals surface area contributed by atoms with Crippen molar-refractivity contribution in [3.05, 3.63) is 0 Å². The van der Waals surface area contributed by atoms with E-state index in [1.54, 1.807) is 0 Å². The van der Waals surface area contributed by atoms with Crippen LogP contribution in [-0.2, 0) is 9.53 Å². The first kappa shape index (κ1) is 16.4. The maximum absolute atomic E-state index is 12.2. The van der Waals surface area contributed by atoms with Gasteiger partial charge in [-0.05, 0) is 43.6 Å². The first-order chi connectivity index (χ1) is 9.02. The van der Waals surface area contributed by atoms with Crippen LogP contribution in [-0.4, -0.2) is 44.2 Å². The zero-order chi connectivity index (χ0) is 14.3. The molecule has 1 aliphatic rings. The van der Waals surface area contributed by atoms with Crippen molar-refractivity contribution in [2.45, 2.75) is 39.5 Å². The second-order valence-corrected chi connectivity index (χ2v) is 6.29. The maximum atomic E-state index is 12.2. The predicted octanol–water partition coefficient (Wildman–Crippen LogP) is 1.88. The molecule has 4 heteroatoms. The van der Waals surface area contributed by atoms with Crippen molar-refractivity contribution in [3.63, 3.8) is 0 Å². The van der Waals surface area contributed by atoms with Gasteiger partial charge in [-0.3, -0.25) is 4.79 Å². The van der Waals surface area contributed by atoms with E-state index in [1.807, 2.05) is 11.9 Å². The minimum absolute atomic E-state index is 0.224. The Morgan fingerprint density at radius 1 is 1.47 bits per heavy atom. The molecule has 0 saturated carbocycles. The smallest absolute Gasteiger partial charge is 0.222 e. The van der Waals surface area contributed by atoms with E-state index in [9.17, 15) is 4.79 Å². The van der Waals surface area contributed by atoms with E-state index in [0.717, 1.165) is 32.6 Å². The SMILES string of the molecule is CC(C)C[C@H](CN)CC(=O)N(C)CC1CCCOC1. The van der Waals surface area contributed by atoms with Crippen molar-refractivity contribution in [2.24, 2.45) is 23.5 Å². The zero-order valence-corrected chi connectivity index (χ0v) is 12.7. The lowest BCUT2D eigenvalue weighted by Crippen LogP contribution is -2.36. The summed E-state index contributed by atoms with van der Waals surface area (Å²) < 4.78 is 5.46. The maximum Gasteiger partial charge on any atom is 0.222 e. The minimum Gasteiger partial charge on any atom is -0.381 e. The quantitative estimate of drug-likeness (QED) is 0.768. The van der Waals surface area contributed by atoms with Gasteiger partial charge in [0.25, 0.3) is 0 Å². The molecule has 1 fully saturated rings. The molecule has 0 aromatic carbocycles. The molecule has 112 valence electrons. The summed E-state index contributed by atoms with van der Waals surface area (Å²) >= 11 is 0. The van der Waals surface area contributed by atoms with Crippen LogP contribution < -0.4 is 5.73 Å². The zero-order valence-electron chi connectivity index (χ0n) is 12.7. The largest absolute Gasteiger partial charge is 0.381 e. The Bertz CT molecular complexity index is 263. The molecule has 0 radical (unpaired) electrons. The monoisotopic (exact) mass is 270 g/mol. The van der Waals surface area contributed by atoms with E-state index in [0.29, 0.717) is 30.7 Å². The van der Waals surface area contributed by atoms with Gasteiger partial charge in [0.05, 0.1) is 6.61 Å². The van der Waals surface area contributed by atoms with Gasteiger partial charge in [0, 0.05) is 26.6 Å². The third kappa shape index (κ3) is 6.39. The van der Waals surface area contributed by atoms with Gasteiger partial charge in [-0.15, -0.1) is 0 Å². The first-order valence-electron chi connectivity index (χ1n) is 7.54. The molecule has 1 amide bonds. The normalized spacial score (nSPS) is 21.4. The fraction of sp³-hybridized carbons (Fsp3) is 0.933. The fourth-order valence-corrected chi connectivity index (χ4v) is 2.77. The van der Waals surface area contributed by atoms with Crippen LogP contribution in [0.1, 0.15) is 39.5 Å². The third-order valence-electron chi connectivity index (χ3n) is 3.81. The van der Waals surface area contributed by atoms with Gasteiger partial charge < -0.3 is 15.4 Å². The number of ether oxygens (including phenoxy) is 1. The lowest BCUT2D eigenvalue weighted by Gasteiger charge is -2.28. The molecule has 2 atom stereocenters. The second-order valence-electron chi connectivity index (χ2n) is 6.29. The number of hydrogen-bond donors (Lipinski definition) is 1. The summed E-state index contributed by atoms with van der Waals surface area (Å²) in [5.41, 5.74) is 5.76. The van der Waals surface area contributed by atoms with E-state index in [2.05, 4.69) is 13.8 Å². The topological polar surface area (TPSA) is 55.6 Å². The molecule has 4 nitrogen and oxygen atoms in total. The molecule has 1 saturated heterocycles. The molecule has 1 heterocycles. The number of carbonyl (C=O) groups is 1. The lowest BCUT2D eigenvalue weighted by atomic mass is 9.93. The van der Waals surface area contributed by atoms with Crippen molar-refractivity contribution in [2.75, 3.05) is 33.4 Å². The summed E-state index contributed by atoms with van der Waals surface area (Å²) in [5, 5.41) is 0. The molecule has 0 aromatic rings. The number of amides is 1. The molecule has 1 aliphatic heterocycles. The summed E-state index contributed by atoms with van der Waals surface area (Å²) in [7, 11) is 1.90. The van der Waals surface area contributed by atoms with Crippen molar-refractivity contribution in [1.82, 2.24) is 4.90 Å². The number of carbonyl (C=O) groups excluding carboxylic acids is 1. The molecule has 0 aromatic heterocycles. The Balaban J connectivity index is 2.33. The number of nitrogens with zero attached hydrogens (tertiary/aromatic N) is 1. The van der Waals surface area contributed by atoms with Crippen LogP contribution in [0.2, 0.25) is 0 Å². The van der Waals surface area contributed by atoms with Gasteiger partial charge >= 0.3 is 0 Å². The minimum atomic E-state index is 0.224. The standard InChI is InChI=1S/C15H30N2O2/c1-12(2)7-14(9-16)8-15(18)17(3)10-13-5-4-6-19-11-13/h12-14H,4-11,16H2,1-3H3/t13?,14-/m0/s1. The van der Waals surface area contributed by atoms with Crippen LogP contribution in [0.5, 0.6) is 0 Å². The first-order valence-corrected chi connectivity index (χ1v) is 7.54. The van der Waals surface area contributed by atoms with E-state index in [1.165, 1.54) is 6.42 Å². The highest BCUT2D eigenvalue weighted by atomic mass is 16.5. The van der Waals surface area contributed by atoms with Gasteiger partial charge in [0.1, 0.15) is 0 Å².